The van der Waals surface area contributed by atoms with E-state index in [9.17, 15) is 24.4 Å². The van der Waals surface area contributed by atoms with Crippen LogP contribution in [-0.4, -0.2) is 52.9 Å². The van der Waals surface area contributed by atoms with E-state index in [1.165, 1.54) is 0 Å². The zero-order chi connectivity index (χ0) is 19.5. The summed E-state index contributed by atoms with van der Waals surface area (Å²) in [5.41, 5.74) is -1.66. The first-order chi connectivity index (χ1) is 12.9. The summed E-state index contributed by atoms with van der Waals surface area (Å²) in [6, 6.07) is 1.65. The van der Waals surface area contributed by atoms with Crippen LogP contribution < -0.4 is 10.6 Å². The summed E-state index contributed by atoms with van der Waals surface area (Å²) in [4.78, 5) is 49.4. The van der Waals surface area contributed by atoms with Crippen molar-refractivity contribution in [1.29, 1.82) is 5.26 Å². The van der Waals surface area contributed by atoms with E-state index >= 15 is 0 Å². The molecule has 4 amide bonds. The standard InChI is InChI=1S/C18H24N4O5/c19-12-17(6-1-2-7-17)20-13(23)11-27-14(24)5-10-22-15(25)18(21-16(22)26)8-3-4-9-18/h1-11H2,(H,20,23)(H,21,26). The van der Waals surface area contributed by atoms with Crippen LogP contribution in [0.5, 0.6) is 0 Å². The molecule has 0 aromatic rings. The largest absolute Gasteiger partial charge is 0.456 e. The number of nitrogens with one attached hydrogen (secondary N) is 2. The van der Waals surface area contributed by atoms with Crippen LogP contribution >= 0.6 is 0 Å². The summed E-state index contributed by atoms with van der Waals surface area (Å²) >= 11 is 0. The molecule has 2 aliphatic carbocycles. The topological polar surface area (TPSA) is 129 Å². The van der Waals surface area contributed by atoms with Crippen LogP contribution in [0.3, 0.4) is 0 Å². The van der Waals surface area contributed by atoms with Crippen LogP contribution in [0, 0.1) is 11.3 Å². The lowest BCUT2D eigenvalue weighted by Gasteiger charge is -2.21. The molecule has 9 heteroatoms. The first kappa shape index (κ1) is 19.1. The van der Waals surface area contributed by atoms with Gasteiger partial charge in [-0.2, -0.15) is 5.26 Å². The molecule has 3 fully saturated rings. The molecule has 1 heterocycles. The number of rotatable bonds is 6. The van der Waals surface area contributed by atoms with Gasteiger partial charge in [-0.1, -0.05) is 12.8 Å². The van der Waals surface area contributed by atoms with Gasteiger partial charge >= 0.3 is 12.0 Å². The lowest BCUT2D eigenvalue weighted by Crippen LogP contribution is -2.46. The smallest absolute Gasteiger partial charge is 0.325 e. The molecular weight excluding hydrogens is 352 g/mol. The Morgan fingerprint density at radius 1 is 1.15 bits per heavy atom. The van der Waals surface area contributed by atoms with Gasteiger partial charge in [-0.3, -0.25) is 19.3 Å². The summed E-state index contributed by atoms with van der Waals surface area (Å²) < 4.78 is 4.92. The molecule has 2 saturated carbocycles. The highest BCUT2D eigenvalue weighted by Gasteiger charge is 2.52. The van der Waals surface area contributed by atoms with E-state index in [1.807, 2.05) is 0 Å². The van der Waals surface area contributed by atoms with Crippen LogP contribution in [0.2, 0.25) is 0 Å². The minimum absolute atomic E-state index is 0.0744. The maximum absolute atomic E-state index is 12.5. The third-order valence-electron chi connectivity index (χ3n) is 5.66. The average Bonchev–Trinajstić information content (AvgIpc) is 3.35. The molecule has 27 heavy (non-hydrogen) atoms. The predicted octanol–water partition coefficient (Wildman–Crippen LogP) is 0.737. The number of carbonyl (C=O) groups excluding carboxylic acids is 4. The van der Waals surface area contributed by atoms with Crippen molar-refractivity contribution in [3.63, 3.8) is 0 Å². The predicted molar refractivity (Wildman–Crippen MR) is 92.0 cm³/mol. The van der Waals surface area contributed by atoms with Crippen molar-refractivity contribution < 1.29 is 23.9 Å². The first-order valence-electron chi connectivity index (χ1n) is 9.42. The Labute approximate surface area is 157 Å². The number of hydrogen-bond donors (Lipinski definition) is 2. The van der Waals surface area contributed by atoms with Gasteiger partial charge < -0.3 is 15.4 Å². The highest BCUT2D eigenvalue weighted by molar-refractivity contribution is 6.07. The quantitative estimate of drug-likeness (QED) is 0.520. The van der Waals surface area contributed by atoms with E-state index in [4.69, 9.17) is 4.74 Å². The van der Waals surface area contributed by atoms with E-state index < -0.39 is 35.6 Å². The van der Waals surface area contributed by atoms with Crippen LogP contribution in [0.15, 0.2) is 0 Å². The highest BCUT2D eigenvalue weighted by atomic mass is 16.5. The lowest BCUT2D eigenvalue weighted by atomic mass is 9.98. The van der Waals surface area contributed by atoms with Crippen LogP contribution in [0.25, 0.3) is 0 Å². The molecule has 0 radical (unpaired) electrons. The third-order valence-corrected chi connectivity index (χ3v) is 5.66. The number of ether oxygens (including phenoxy) is 1. The Morgan fingerprint density at radius 2 is 1.78 bits per heavy atom. The summed E-state index contributed by atoms with van der Waals surface area (Å²) in [5.74, 6) is -1.48. The van der Waals surface area contributed by atoms with Crippen molar-refractivity contribution in [2.24, 2.45) is 0 Å². The molecule has 3 rings (SSSR count). The lowest BCUT2D eigenvalue weighted by molar-refractivity contribution is -0.149. The Kier molecular flexibility index (Phi) is 5.35. The van der Waals surface area contributed by atoms with Gasteiger partial charge in [0, 0.05) is 6.54 Å². The fourth-order valence-corrected chi connectivity index (χ4v) is 4.16. The first-order valence-corrected chi connectivity index (χ1v) is 9.42. The number of hydrogen-bond acceptors (Lipinski definition) is 6. The summed E-state index contributed by atoms with van der Waals surface area (Å²) in [6.45, 7) is -0.554. The Morgan fingerprint density at radius 3 is 2.41 bits per heavy atom. The van der Waals surface area contributed by atoms with E-state index in [0.29, 0.717) is 25.7 Å². The molecular formula is C18H24N4O5. The summed E-state index contributed by atoms with van der Waals surface area (Å²) in [5, 5.41) is 14.6. The molecule has 9 nitrogen and oxygen atoms in total. The van der Waals surface area contributed by atoms with Crippen molar-refractivity contribution in [3.05, 3.63) is 0 Å². The van der Waals surface area contributed by atoms with Gasteiger partial charge in [0.1, 0.15) is 11.1 Å². The van der Waals surface area contributed by atoms with Crippen molar-refractivity contribution >= 4 is 23.8 Å². The zero-order valence-corrected chi connectivity index (χ0v) is 15.2. The molecule has 0 atom stereocenters. The maximum Gasteiger partial charge on any atom is 0.325 e. The molecule has 2 N–H and O–H groups in total. The van der Waals surface area contributed by atoms with Crippen molar-refractivity contribution in [2.45, 2.75) is 68.9 Å². The van der Waals surface area contributed by atoms with E-state index in [-0.39, 0.29) is 18.9 Å². The Hall–Kier alpha value is -2.63. The molecule has 1 spiro atoms. The number of carbonyl (C=O) groups is 4. The Balaban J connectivity index is 1.42. The van der Waals surface area contributed by atoms with Crippen LogP contribution in [0.4, 0.5) is 4.79 Å². The fourth-order valence-electron chi connectivity index (χ4n) is 4.16. The zero-order valence-electron chi connectivity index (χ0n) is 15.2. The number of nitriles is 1. The minimum atomic E-state index is -0.862. The molecule has 0 aromatic carbocycles. The van der Waals surface area contributed by atoms with E-state index in [1.54, 1.807) is 0 Å². The number of imide groups is 1. The molecule has 0 unspecified atom stereocenters. The monoisotopic (exact) mass is 376 g/mol. The van der Waals surface area contributed by atoms with Gasteiger partial charge in [-0.15, -0.1) is 0 Å². The molecule has 3 aliphatic rings. The Bertz CT molecular complexity index is 686. The van der Waals surface area contributed by atoms with Crippen LogP contribution in [0.1, 0.15) is 57.8 Å². The van der Waals surface area contributed by atoms with Crippen molar-refractivity contribution in [3.8, 4) is 6.07 Å². The summed E-state index contributed by atoms with van der Waals surface area (Å²) in [7, 11) is 0. The van der Waals surface area contributed by atoms with Gasteiger partial charge in [0.15, 0.2) is 6.61 Å². The van der Waals surface area contributed by atoms with Crippen molar-refractivity contribution in [1.82, 2.24) is 15.5 Å². The maximum atomic E-state index is 12.5. The molecule has 1 saturated heterocycles. The van der Waals surface area contributed by atoms with Crippen molar-refractivity contribution in [2.75, 3.05) is 13.2 Å². The second kappa shape index (κ2) is 7.55. The second-order valence-electron chi connectivity index (χ2n) is 7.54. The number of urea groups is 1. The normalized spacial score (nSPS) is 22.6. The second-order valence-corrected chi connectivity index (χ2v) is 7.54. The van der Waals surface area contributed by atoms with Gasteiger partial charge in [0.2, 0.25) is 0 Å². The number of nitrogens with zero attached hydrogens (tertiary/aromatic N) is 2. The van der Waals surface area contributed by atoms with Gasteiger partial charge in [-0.25, -0.2) is 4.79 Å². The van der Waals surface area contributed by atoms with Crippen LogP contribution in [-0.2, 0) is 19.1 Å². The van der Waals surface area contributed by atoms with Gasteiger partial charge in [0.25, 0.3) is 11.8 Å². The summed E-state index contributed by atoms with van der Waals surface area (Å²) in [6.07, 6.45) is 5.79. The fraction of sp³-hybridized carbons (Fsp3) is 0.722. The third kappa shape index (κ3) is 3.89. The van der Waals surface area contributed by atoms with E-state index in [2.05, 4.69) is 16.7 Å². The van der Waals surface area contributed by atoms with E-state index in [0.717, 1.165) is 30.6 Å². The molecule has 0 aromatic heterocycles. The molecule has 0 bridgehead atoms. The SMILES string of the molecule is N#CC1(NC(=O)COC(=O)CCN2C(=O)NC3(CCCC3)C2=O)CCCC1. The number of esters is 1. The van der Waals surface area contributed by atoms with Gasteiger partial charge in [0.05, 0.1) is 12.5 Å². The molecule has 1 aliphatic heterocycles. The number of amides is 4. The van der Waals surface area contributed by atoms with Gasteiger partial charge in [-0.05, 0) is 38.5 Å². The highest BCUT2D eigenvalue weighted by Crippen LogP contribution is 2.35. The molecule has 146 valence electrons. The minimum Gasteiger partial charge on any atom is -0.456 e. The average molecular weight is 376 g/mol.